The van der Waals surface area contributed by atoms with Crippen molar-refractivity contribution in [2.24, 2.45) is 0 Å². The zero-order valence-corrected chi connectivity index (χ0v) is 11.7. The maximum Gasteiger partial charge on any atom is 0.254 e. The topological polar surface area (TPSA) is 70.1 Å². The molecule has 2 rings (SSSR count). The van der Waals surface area contributed by atoms with E-state index in [0.717, 1.165) is 12.8 Å². The minimum atomic E-state index is -0.151. The summed E-state index contributed by atoms with van der Waals surface area (Å²) >= 11 is 11.9. The molecular weight excluding hydrogens is 285 g/mol. The van der Waals surface area contributed by atoms with E-state index in [1.54, 1.807) is 4.90 Å². The largest absolute Gasteiger partial charge is 0.396 e. The fraction of sp³-hybridized carbons (Fsp3) is 0.385. The molecule has 0 atom stereocenters. The Morgan fingerprint density at radius 1 is 1.42 bits per heavy atom. The van der Waals surface area contributed by atoms with E-state index in [0.29, 0.717) is 18.5 Å². The summed E-state index contributed by atoms with van der Waals surface area (Å²) in [4.78, 5) is 14.1. The predicted molar refractivity (Wildman–Crippen MR) is 75.2 cm³/mol. The molecule has 6 heteroatoms. The first-order valence-electron chi connectivity index (χ1n) is 5.97. The Labute approximate surface area is 121 Å². The highest BCUT2D eigenvalue weighted by Gasteiger charge is 2.33. The number of hydrogen-bond donors (Lipinski definition) is 1. The second-order valence-corrected chi connectivity index (χ2v) is 5.31. The summed E-state index contributed by atoms with van der Waals surface area (Å²) in [5.74, 6) is -0.151. The van der Waals surface area contributed by atoms with Crippen molar-refractivity contribution in [3.8, 4) is 6.07 Å². The first kappa shape index (κ1) is 14.0. The molecule has 1 aliphatic carbocycles. The Kier molecular flexibility index (Phi) is 4.18. The number of nitriles is 1. The first-order chi connectivity index (χ1) is 9.04. The van der Waals surface area contributed by atoms with Crippen LogP contribution in [0, 0.1) is 11.3 Å². The zero-order valence-electron chi connectivity index (χ0n) is 10.2. The van der Waals surface area contributed by atoms with E-state index in [1.165, 1.54) is 12.1 Å². The molecule has 1 saturated carbocycles. The predicted octanol–water partition coefficient (Wildman–Crippen LogP) is 3.09. The van der Waals surface area contributed by atoms with Crippen LogP contribution in [0.15, 0.2) is 12.1 Å². The lowest BCUT2D eigenvalue weighted by Crippen LogP contribution is -2.34. The Morgan fingerprint density at radius 3 is 2.47 bits per heavy atom. The number of nitrogens with two attached hydrogens (primary N) is 1. The van der Waals surface area contributed by atoms with Gasteiger partial charge in [0.15, 0.2) is 0 Å². The molecule has 1 aromatic rings. The SMILES string of the molecule is N#CCCN(C(=O)c1cc(Cl)c(N)c(Cl)c1)C1CC1. The summed E-state index contributed by atoms with van der Waals surface area (Å²) in [6.45, 7) is 0.430. The molecule has 2 N–H and O–H groups in total. The molecule has 19 heavy (non-hydrogen) atoms. The number of hydrogen-bond acceptors (Lipinski definition) is 3. The summed E-state index contributed by atoms with van der Waals surface area (Å²) in [7, 11) is 0. The van der Waals surface area contributed by atoms with Crippen LogP contribution in [0.2, 0.25) is 10.0 Å². The zero-order chi connectivity index (χ0) is 14.0. The molecule has 0 bridgehead atoms. The third kappa shape index (κ3) is 3.12. The highest BCUT2D eigenvalue weighted by molar-refractivity contribution is 6.39. The second-order valence-electron chi connectivity index (χ2n) is 4.49. The van der Waals surface area contributed by atoms with Crippen molar-refractivity contribution in [3.63, 3.8) is 0 Å². The molecule has 0 aromatic heterocycles. The van der Waals surface area contributed by atoms with Crippen LogP contribution in [0.3, 0.4) is 0 Å². The van der Waals surface area contributed by atoms with Crippen LogP contribution in [-0.4, -0.2) is 23.4 Å². The maximum absolute atomic E-state index is 12.4. The third-order valence-corrected chi connectivity index (χ3v) is 3.66. The summed E-state index contributed by atoms with van der Waals surface area (Å²) in [6.07, 6.45) is 2.28. The van der Waals surface area contributed by atoms with Gasteiger partial charge in [0.1, 0.15) is 0 Å². The number of nitrogens with zero attached hydrogens (tertiary/aromatic N) is 2. The normalized spacial score (nSPS) is 13.9. The molecule has 0 aliphatic heterocycles. The van der Waals surface area contributed by atoms with Crippen LogP contribution in [0.4, 0.5) is 5.69 Å². The van der Waals surface area contributed by atoms with Gasteiger partial charge in [-0.1, -0.05) is 23.2 Å². The lowest BCUT2D eigenvalue weighted by Gasteiger charge is -2.21. The number of halogens is 2. The number of carbonyl (C=O) groups excluding carboxylic acids is 1. The first-order valence-corrected chi connectivity index (χ1v) is 6.72. The van der Waals surface area contributed by atoms with Crippen molar-refractivity contribution in [3.05, 3.63) is 27.7 Å². The third-order valence-electron chi connectivity index (χ3n) is 3.04. The molecule has 100 valence electrons. The molecule has 1 fully saturated rings. The summed E-state index contributed by atoms with van der Waals surface area (Å²) in [5.41, 5.74) is 6.33. The van der Waals surface area contributed by atoms with Crippen LogP contribution in [0.1, 0.15) is 29.6 Å². The average Bonchev–Trinajstić information content (AvgIpc) is 3.20. The van der Waals surface area contributed by atoms with Crippen molar-refractivity contribution in [1.82, 2.24) is 4.90 Å². The van der Waals surface area contributed by atoms with Gasteiger partial charge in [0.05, 0.1) is 28.2 Å². The molecule has 0 spiro atoms. The van der Waals surface area contributed by atoms with E-state index < -0.39 is 0 Å². The number of amides is 1. The van der Waals surface area contributed by atoms with Crippen molar-refractivity contribution in [2.45, 2.75) is 25.3 Å². The van der Waals surface area contributed by atoms with Gasteiger partial charge in [-0.3, -0.25) is 4.79 Å². The molecule has 0 heterocycles. The average molecular weight is 298 g/mol. The number of rotatable bonds is 4. The fourth-order valence-corrected chi connectivity index (χ4v) is 2.37. The van der Waals surface area contributed by atoms with Crippen LogP contribution in [-0.2, 0) is 0 Å². The van der Waals surface area contributed by atoms with E-state index in [4.69, 9.17) is 34.2 Å². The van der Waals surface area contributed by atoms with Crippen LogP contribution in [0.25, 0.3) is 0 Å². The van der Waals surface area contributed by atoms with Gasteiger partial charge in [0, 0.05) is 18.2 Å². The second kappa shape index (κ2) is 5.68. The van der Waals surface area contributed by atoms with Gasteiger partial charge in [-0.25, -0.2) is 0 Å². The highest BCUT2D eigenvalue weighted by atomic mass is 35.5. The number of anilines is 1. The van der Waals surface area contributed by atoms with Gasteiger partial charge in [0.25, 0.3) is 5.91 Å². The van der Waals surface area contributed by atoms with Crippen molar-refractivity contribution in [1.29, 1.82) is 5.26 Å². The molecule has 4 nitrogen and oxygen atoms in total. The van der Waals surface area contributed by atoms with Gasteiger partial charge in [-0.05, 0) is 25.0 Å². The van der Waals surface area contributed by atoms with Crippen molar-refractivity contribution < 1.29 is 4.79 Å². The Bertz CT molecular complexity index is 526. The molecule has 0 radical (unpaired) electrons. The van der Waals surface area contributed by atoms with Crippen molar-refractivity contribution in [2.75, 3.05) is 12.3 Å². The molecule has 1 aliphatic rings. The lowest BCUT2D eigenvalue weighted by molar-refractivity contribution is 0.0747. The summed E-state index contributed by atoms with van der Waals surface area (Å²) < 4.78 is 0. The molecule has 1 amide bonds. The number of benzene rings is 1. The van der Waals surface area contributed by atoms with Crippen LogP contribution in [0.5, 0.6) is 0 Å². The minimum absolute atomic E-state index is 0.151. The maximum atomic E-state index is 12.4. The smallest absolute Gasteiger partial charge is 0.254 e. The standard InChI is InChI=1S/C13H13Cl2N3O/c14-10-6-8(7-11(15)12(10)17)13(19)18(5-1-4-16)9-2-3-9/h6-7,9H,1-3,5,17H2. The van der Waals surface area contributed by atoms with Crippen LogP contribution < -0.4 is 5.73 Å². The fourth-order valence-electron chi connectivity index (χ4n) is 1.88. The van der Waals surface area contributed by atoms with Gasteiger partial charge >= 0.3 is 0 Å². The minimum Gasteiger partial charge on any atom is -0.396 e. The quantitative estimate of drug-likeness (QED) is 0.868. The molecular formula is C13H13Cl2N3O. The molecule has 0 unspecified atom stereocenters. The van der Waals surface area contributed by atoms with Crippen LogP contribution >= 0.6 is 23.2 Å². The van der Waals surface area contributed by atoms with Gasteiger partial charge in [-0.2, -0.15) is 5.26 Å². The Morgan fingerprint density at radius 2 is 2.00 bits per heavy atom. The summed E-state index contributed by atoms with van der Waals surface area (Å²) in [6, 6.07) is 5.33. The van der Waals surface area contributed by atoms with Gasteiger partial charge in [0.2, 0.25) is 0 Å². The molecule has 0 saturated heterocycles. The van der Waals surface area contributed by atoms with Gasteiger partial charge in [-0.15, -0.1) is 0 Å². The van der Waals surface area contributed by atoms with E-state index in [9.17, 15) is 4.79 Å². The number of carbonyl (C=O) groups is 1. The Hall–Kier alpha value is -1.44. The number of nitrogen functional groups attached to an aromatic ring is 1. The Balaban J connectivity index is 2.24. The van der Waals surface area contributed by atoms with E-state index in [-0.39, 0.29) is 27.7 Å². The molecule has 1 aromatic carbocycles. The summed E-state index contributed by atoms with van der Waals surface area (Å²) in [5, 5.41) is 9.19. The van der Waals surface area contributed by atoms with E-state index in [1.807, 2.05) is 0 Å². The monoisotopic (exact) mass is 297 g/mol. The lowest BCUT2D eigenvalue weighted by atomic mass is 10.1. The van der Waals surface area contributed by atoms with Gasteiger partial charge < -0.3 is 10.6 Å². The van der Waals surface area contributed by atoms with Crippen molar-refractivity contribution >= 4 is 34.8 Å². The van der Waals surface area contributed by atoms with E-state index >= 15 is 0 Å². The highest BCUT2D eigenvalue weighted by Crippen LogP contribution is 2.32. The van der Waals surface area contributed by atoms with E-state index in [2.05, 4.69) is 6.07 Å².